The van der Waals surface area contributed by atoms with Gasteiger partial charge in [-0.3, -0.25) is 9.59 Å². The van der Waals surface area contributed by atoms with Crippen molar-refractivity contribution in [2.45, 2.75) is 19.4 Å². The van der Waals surface area contributed by atoms with Gasteiger partial charge < -0.3 is 19.9 Å². The van der Waals surface area contributed by atoms with Crippen LogP contribution in [0.25, 0.3) is 10.8 Å². The highest BCUT2D eigenvalue weighted by Crippen LogP contribution is 2.25. The van der Waals surface area contributed by atoms with Crippen LogP contribution in [0.5, 0.6) is 0 Å². The summed E-state index contributed by atoms with van der Waals surface area (Å²) in [5.74, 6) is -0.198. The fourth-order valence-corrected chi connectivity index (χ4v) is 4.42. The first-order chi connectivity index (χ1) is 17.2. The molecule has 8 nitrogen and oxygen atoms in total. The van der Waals surface area contributed by atoms with E-state index in [0.29, 0.717) is 30.3 Å². The first-order valence-electron chi connectivity index (χ1n) is 11.8. The van der Waals surface area contributed by atoms with Gasteiger partial charge in [-0.2, -0.15) is 0 Å². The third kappa shape index (κ3) is 5.22. The minimum Gasteiger partial charge on any atom is -0.381 e. The highest BCUT2D eigenvalue weighted by molar-refractivity contribution is 6.15. The van der Waals surface area contributed by atoms with Gasteiger partial charge >= 0.3 is 0 Å². The molecule has 0 spiro atoms. The number of hydrogen-bond donors (Lipinski definition) is 2. The fourth-order valence-electron chi connectivity index (χ4n) is 4.42. The molecule has 0 unspecified atom stereocenters. The van der Waals surface area contributed by atoms with Crippen LogP contribution in [-0.4, -0.2) is 46.1 Å². The Morgan fingerprint density at radius 1 is 0.971 bits per heavy atom. The molecule has 1 aliphatic rings. The number of ether oxygens (including phenoxy) is 1. The van der Waals surface area contributed by atoms with E-state index >= 15 is 0 Å². The van der Waals surface area contributed by atoms with Gasteiger partial charge in [0.05, 0.1) is 12.0 Å². The number of fused-ring (bicyclic) bond motifs is 1. The summed E-state index contributed by atoms with van der Waals surface area (Å²) in [6.45, 7) is 2.67. The van der Waals surface area contributed by atoms with Crippen LogP contribution in [0.4, 0.5) is 5.69 Å². The summed E-state index contributed by atoms with van der Waals surface area (Å²) in [4.78, 5) is 34.6. The van der Waals surface area contributed by atoms with Crippen LogP contribution in [0.15, 0.2) is 73.4 Å². The number of nitrogens with one attached hydrogen (secondary N) is 2. The fraction of sp³-hybridized carbons (Fsp3) is 0.259. The van der Waals surface area contributed by atoms with Gasteiger partial charge in [-0.1, -0.05) is 30.3 Å². The maximum absolute atomic E-state index is 13.3. The summed E-state index contributed by atoms with van der Waals surface area (Å²) in [6, 6.07) is 15.0. The monoisotopic (exact) mass is 469 g/mol. The predicted octanol–water partition coefficient (Wildman–Crippen LogP) is 3.89. The number of benzene rings is 2. The lowest BCUT2D eigenvalue weighted by molar-refractivity contribution is 0.0642. The molecule has 0 saturated carbocycles. The molecule has 3 heterocycles. The van der Waals surface area contributed by atoms with E-state index in [1.54, 1.807) is 30.9 Å². The first-order valence-corrected chi connectivity index (χ1v) is 11.8. The molecule has 0 atom stereocenters. The summed E-state index contributed by atoms with van der Waals surface area (Å²) in [7, 11) is 0. The molecule has 2 amide bonds. The van der Waals surface area contributed by atoms with Crippen molar-refractivity contribution in [3.63, 3.8) is 0 Å². The van der Waals surface area contributed by atoms with Crippen LogP contribution in [0.1, 0.15) is 39.3 Å². The zero-order valence-corrected chi connectivity index (χ0v) is 19.3. The molecule has 1 saturated heterocycles. The van der Waals surface area contributed by atoms with Crippen LogP contribution in [0.2, 0.25) is 0 Å². The second kappa shape index (κ2) is 10.5. The maximum atomic E-state index is 13.3. The second-order valence-electron chi connectivity index (χ2n) is 8.67. The summed E-state index contributed by atoms with van der Waals surface area (Å²) in [6.07, 6.45) is 8.83. The van der Waals surface area contributed by atoms with Gasteiger partial charge in [-0.15, -0.1) is 0 Å². The Morgan fingerprint density at radius 3 is 2.60 bits per heavy atom. The summed E-state index contributed by atoms with van der Waals surface area (Å²) in [5, 5.41) is 7.71. The zero-order chi connectivity index (χ0) is 24.0. The summed E-state index contributed by atoms with van der Waals surface area (Å²) in [5.41, 5.74) is 2.21. The SMILES string of the molecule is O=C(NCC1CCOCC1)c1ncccc1NC(=O)c1ccc(Cn2ccnc2)c2ccccc12. The van der Waals surface area contributed by atoms with Crippen molar-refractivity contribution in [1.29, 1.82) is 0 Å². The number of anilines is 1. The van der Waals surface area contributed by atoms with Crippen molar-refractivity contribution in [2.24, 2.45) is 5.92 Å². The van der Waals surface area contributed by atoms with E-state index in [-0.39, 0.29) is 17.5 Å². The molecule has 0 radical (unpaired) electrons. The van der Waals surface area contributed by atoms with Crippen molar-refractivity contribution in [2.75, 3.05) is 25.1 Å². The van der Waals surface area contributed by atoms with Crippen molar-refractivity contribution in [3.05, 3.63) is 90.3 Å². The van der Waals surface area contributed by atoms with Crippen molar-refractivity contribution < 1.29 is 14.3 Å². The maximum Gasteiger partial charge on any atom is 0.272 e. The number of carbonyl (C=O) groups excluding carboxylic acids is 2. The number of imidazole rings is 1. The van der Waals surface area contributed by atoms with Gasteiger partial charge in [0.15, 0.2) is 5.69 Å². The van der Waals surface area contributed by atoms with Gasteiger partial charge in [0.1, 0.15) is 0 Å². The molecule has 2 aromatic heterocycles. The predicted molar refractivity (Wildman–Crippen MR) is 133 cm³/mol. The molecular weight excluding hydrogens is 442 g/mol. The van der Waals surface area contributed by atoms with E-state index in [9.17, 15) is 9.59 Å². The number of amides is 2. The van der Waals surface area contributed by atoms with Crippen molar-refractivity contribution in [1.82, 2.24) is 19.9 Å². The number of nitrogens with zero attached hydrogens (tertiary/aromatic N) is 3. The lowest BCUT2D eigenvalue weighted by Crippen LogP contribution is -2.33. The average Bonchev–Trinajstić information content (AvgIpc) is 3.41. The van der Waals surface area contributed by atoms with Crippen LogP contribution < -0.4 is 10.6 Å². The molecule has 0 aliphatic carbocycles. The smallest absolute Gasteiger partial charge is 0.272 e. The molecule has 8 heteroatoms. The average molecular weight is 470 g/mol. The number of aromatic nitrogens is 3. The Kier molecular flexibility index (Phi) is 6.81. The second-order valence-corrected chi connectivity index (χ2v) is 8.67. The highest BCUT2D eigenvalue weighted by atomic mass is 16.5. The molecule has 4 aromatic rings. The first kappa shape index (κ1) is 22.7. The van der Waals surface area contributed by atoms with E-state index in [4.69, 9.17) is 4.74 Å². The Labute approximate surface area is 203 Å². The lowest BCUT2D eigenvalue weighted by Gasteiger charge is -2.22. The molecule has 178 valence electrons. The molecule has 35 heavy (non-hydrogen) atoms. The Morgan fingerprint density at radius 2 is 1.80 bits per heavy atom. The zero-order valence-electron chi connectivity index (χ0n) is 19.3. The number of hydrogen-bond acceptors (Lipinski definition) is 5. The number of rotatable bonds is 7. The minimum absolute atomic E-state index is 0.203. The third-order valence-electron chi connectivity index (χ3n) is 6.33. The Bertz CT molecular complexity index is 1330. The number of carbonyl (C=O) groups is 2. The number of pyridine rings is 1. The minimum atomic E-state index is -0.298. The van der Waals surface area contributed by atoms with Crippen LogP contribution in [0, 0.1) is 5.92 Å². The Hall–Kier alpha value is -4.04. The molecular formula is C27H27N5O3. The van der Waals surface area contributed by atoms with E-state index in [1.807, 2.05) is 47.2 Å². The lowest BCUT2D eigenvalue weighted by atomic mass is 9.98. The van der Waals surface area contributed by atoms with Crippen LogP contribution >= 0.6 is 0 Å². The van der Waals surface area contributed by atoms with E-state index < -0.39 is 0 Å². The largest absolute Gasteiger partial charge is 0.381 e. The quantitative estimate of drug-likeness (QED) is 0.428. The molecule has 1 fully saturated rings. The molecule has 2 N–H and O–H groups in total. The highest BCUT2D eigenvalue weighted by Gasteiger charge is 2.20. The van der Waals surface area contributed by atoms with Gasteiger partial charge in [-0.05, 0) is 53.3 Å². The Balaban J connectivity index is 1.35. The van der Waals surface area contributed by atoms with E-state index in [0.717, 1.165) is 42.4 Å². The molecule has 2 aromatic carbocycles. The van der Waals surface area contributed by atoms with Gasteiger partial charge in [-0.25, -0.2) is 9.97 Å². The molecule has 1 aliphatic heterocycles. The van der Waals surface area contributed by atoms with Gasteiger partial charge in [0.25, 0.3) is 11.8 Å². The van der Waals surface area contributed by atoms with E-state index in [2.05, 4.69) is 20.6 Å². The molecule has 5 rings (SSSR count). The van der Waals surface area contributed by atoms with Gasteiger partial charge in [0.2, 0.25) is 0 Å². The van der Waals surface area contributed by atoms with Crippen molar-refractivity contribution in [3.8, 4) is 0 Å². The van der Waals surface area contributed by atoms with Gasteiger partial charge in [0, 0.05) is 50.5 Å². The normalized spacial score (nSPS) is 14.1. The third-order valence-corrected chi connectivity index (χ3v) is 6.33. The topological polar surface area (TPSA) is 98.1 Å². The van der Waals surface area contributed by atoms with E-state index in [1.165, 1.54) is 0 Å². The molecule has 0 bridgehead atoms. The van der Waals surface area contributed by atoms with Crippen LogP contribution in [-0.2, 0) is 11.3 Å². The summed E-state index contributed by atoms with van der Waals surface area (Å²) < 4.78 is 7.37. The summed E-state index contributed by atoms with van der Waals surface area (Å²) >= 11 is 0. The standard InChI is InChI=1S/C27H27N5O3/c33-26(23-8-7-20(17-32-13-12-28-18-32)21-4-1-2-5-22(21)23)31-24-6-3-11-29-25(24)27(34)30-16-19-9-14-35-15-10-19/h1-8,11-13,18-19H,9-10,14-17H2,(H,30,34)(H,31,33). The van der Waals surface area contributed by atoms with Crippen molar-refractivity contribution >= 4 is 28.3 Å². The van der Waals surface area contributed by atoms with Crippen LogP contribution in [0.3, 0.4) is 0 Å².